The molecule has 0 saturated heterocycles. The minimum Gasteiger partial charge on any atom is -0.393 e. The highest BCUT2D eigenvalue weighted by molar-refractivity contribution is 7.00. The average Bonchev–Trinajstić information content (AvgIpc) is 2.99. The summed E-state index contributed by atoms with van der Waals surface area (Å²) in [6.45, 7) is 0.747. The Labute approximate surface area is 138 Å². The first-order valence-corrected chi connectivity index (χ1v) is 8.34. The molecule has 0 amide bonds. The fraction of sp³-hybridized carbons (Fsp3) is 0.375. The van der Waals surface area contributed by atoms with Gasteiger partial charge in [0.2, 0.25) is 0 Å². The number of hydrogen-bond donors (Lipinski definition) is 1. The van der Waals surface area contributed by atoms with Gasteiger partial charge in [-0.05, 0) is 30.5 Å². The predicted octanol–water partition coefficient (Wildman–Crippen LogP) is 2.36. The van der Waals surface area contributed by atoms with Crippen molar-refractivity contribution in [2.45, 2.75) is 31.4 Å². The van der Waals surface area contributed by atoms with Crippen LogP contribution in [-0.4, -0.2) is 37.0 Å². The van der Waals surface area contributed by atoms with Crippen LogP contribution < -0.4 is 4.90 Å². The lowest BCUT2D eigenvalue weighted by Gasteiger charge is -2.31. The number of aliphatic hydroxyl groups excluding tert-OH is 1. The Hall–Kier alpha value is -2.12. The van der Waals surface area contributed by atoms with Gasteiger partial charge in [0.1, 0.15) is 23.2 Å². The SMILES string of the molecule is CN(Cc1ccc2nsnc2c1)c1cc(C2CC(O)C2)ncn1. The van der Waals surface area contributed by atoms with E-state index >= 15 is 0 Å². The zero-order valence-corrected chi connectivity index (χ0v) is 13.6. The predicted molar refractivity (Wildman–Crippen MR) is 89.5 cm³/mol. The van der Waals surface area contributed by atoms with Crippen LogP contribution in [0.4, 0.5) is 5.82 Å². The topological polar surface area (TPSA) is 75.0 Å². The number of aromatic nitrogens is 4. The minimum atomic E-state index is -0.172. The molecule has 1 aliphatic carbocycles. The lowest BCUT2D eigenvalue weighted by atomic mass is 9.80. The summed E-state index contributed by atoms with van der Waals surface area (Å²) in [6.07, 6.45) is 3.04. The third-order valence-corrected chi connectivity index (χ3v) is 4.89. The van der Waals surface area contributed by atoms with Gasteiger partial charge < -0.3 is 10.0 Å². The molecule has 23 heavy (non-hydrogen) atoms. The van der Waals surface area contributed by atoms with Gasteiger partial charge in [0.15, 0.2) is 0 Å². The first kappa shape index (κ1) is 14.5. The summed E-state index contributed by atoms with van der Waals surface area (Å²) >= 11 is 1.24. The highest BCUT2D eigenvalue weighted by atomic mass is 32.1. The van der Waals surface area contributed by atoms with Gasteiger partial charge >= 0.3 is 0 Å². The molecule has 0 bridgehead atoms. The second-order valence-electron chi connectivity index (χ2n) is 6.07. The van der Waals surface area contributed by atoms with Crippen LogP contribution in [0, 0.1) is 0 Å². The number of benzene rings is 1. The largest absolute Gasteiger partial charge is 0.393 e. The summed E-state index contributed by atoms with van der Waals surface area (Å²) in [5, 5.41) is 9.46. The van der Waals surface area contributed by atoms with Crippen molar-refractivity contribution in [3.63, 3.8) is 0 Å². The fourth-order valence-electron chi connectivity index (χ4n) is 2.90. The Morgan fingerprint density at radius 1 is 1.17 bits per heavy atom. The van der Waals surface area contributed by atoms with Gasteiger partial charge in [-0.2, -0.15) is 8.75 Å². The summed E-state index contributed by atoms with van der Waals surface area (Å²) < 4.78 is 8.51. The van der Waals surface area contributed by atoms with Gasteiger partial charge in [-0.15, -0.1) is 0 Å². The van der Waals surface area contributed by atoms with Gasteiger partial charge in [0.25, 0.3) is 0 Å². The molecule has 3 aromatic rings. The van der Waals surface area contributed by atoms with Crippen LogP contribution in [0.25, 0.3) is 11.0 Å². The van der Waals surface area contributed by atoms with Crippen LogP contribution in [0.2, 0.25) is 0 Å². The maximum absolute atomic E-state index is 9.46. The van der Waals surface area contributed by atoms with E-state index in [-0.39, 0.29) is 6.10 Å². The van der Waals surface area contributed by atoms with Crippen LogP contribution in [0.3, 0.4) is 0 Å². The van der Waals surface area contributed by atoms with Gasteiger partial charge in [0.05, 0.1) is 17.8 Å². The van der Waals surface area contributed by atoms with Crippen molar-refractivity contribution < 1.29 is 5.11 Å². The zero-order chi connectivity index (χ0) is 15.8. The van der Waals surface area contributed by atoms with Crippen LogP contribution in [0.1, 0.15) is 30.0 Å². The first-order valence-electron chi connectivity index (χ1n) is 7.61. The van der Waals surface area contributed by atoms with E-state index in [1.807, 2.05) is 19.2 Å². The molecule has 0 spiro atoms. The maximum atomic E-state index is 9.46. The molecule has 2 heterocycles. The quantitative estimate of drug-likeness (QED) is 0.793. The zero-order valence-electron chi connectivity index (χ0n) is 12.8. The maximum Gasteiger partial charge on any atom is 0.132 e. The summed E-state index contributed by atoms with van der Waals surface area (Å²) in [5.74, 6) is 1.26. The van der Waals surface area contributed by atoms with Gasteiger partial charge in [-0.3, -0.25) is 0 Å². The molecule has 1 saturated carbocycles. The molecular weight excluding hydrogens is 310 g/mol. The van der Waals surface area contributed by atoms with E-state index in [2.05, 4.69) is 35.7 Å². The summed E-state index contributed by atoms with van der Waals surface area (Å²) in [5.41, 5.74) is 4.07. The molecule has 0 atom stereocenters. The molecular formula is C16H17N5OS. The highest BCUT2D eigenvalue weighted by Crippen LogP contribution is 2.36. The lowest BCUT2D eigenvalue weighted by molar-refractivity contribution is 0.0732. The van der Waals surface area contributed by atoms with Crippen molar-refractivity contribution >= 4 is 28.6 Å². The Morgan fingerprint density at radius 2 is 2.00 bits per heavy atom. The highest BCUT2D eigenvalue weighted by Gasteiger charge is 2.29. The Balaban J connectivity index is 1.51. The molecule has 118 valence electrons. The molecule has 1 fully saturated rings. The first-order chi connectivity index (χ1) is 11.2. The van der Waals surface area contributed by atoms with Crippen molar-refractivity contribution in [3.05, 3.63) is 41.9 Å². The number of fused-ring (bicyclic) bond motifs is 1. The van der Waals surface area contributed by atoms with Crippen LogP contribution in [0.5, 0.6) is 0 Å². The van der Waals surface area contributed by atoms with Gasteiger partial charge in [-0.25, -0.2) is 9.97 Å². The number of aliphatic hydroxyl groups is 1. The molecule has 6 nitrogen and oxygen atoms in total. The van der Waals surface area contributed by atoms with Crippen molar-refractivity contribution in [2.24, 2.45) is 0 Å². The third-order valence-electron chi connectivity index (χ3n) is 4.33. The van der Waals surface area contributed by atoms with E-state index in [4.69, 9.17) is 0 Å². The van der Waals surface area contributed by atoms with Gasteiger partial charge in [0, 0.05) is 31.3 Å². The monoisotopic (exact) mass is 327 g/mol. The van der Waals surface area contributed by atoms with E-state index < -0.39 is 0 Å². The van der Waals surface area contributed by atoms with Crippen molar-refractivity contribution in [3.8, 4) is 0 Å². The Morgan fingerprint density at radius 3 is 2.83 bits per heavy atom. The second kappa shape index (κ2) is 5.82. The minimum absolute atomic E-state index is 0.172. The van der Waals surface area contributed by atoms with Crippen LogP contribution >= 0.6 is 11.7 Å². The summed E-state index contributed by atoms with van der Waals surface area (Å²) in [4.78, 5) is 10.8. The molecule has 1 N–H and O–H groups in total. The normalized spacial score (nSPS) is 20.4. The molecule has 1 aromatic carbocycles. The molecule has 0 aliphatic heterocycles. The summed E-state index contributed by atoms with van der Waals surface area (Å²) in [6, 6.07) is 8.17. The fourth-order valence-corrected chi connectivity index (χ4v) is 3.42. The molecule has 0 unspecified atom stereocenters. The van der Waals surface area contributed by atoms with E-state index in [1.165, 1.54) is 17.3 Å². The Kier molecular flexibility index (Phi) is 3.66. The smallest absolute Gasteiger partial charge is 0.132 e. The second-order valence-corrected chi connectivity index (χ2v) is 6.60. The van der Waals surface area contributed by atoms with Crippen molar-refractivity contribution in [1.29, 1.82) is 0 Å². The Bertz CT molecular complexity index is 830. The lowest BCUT2D eigenvalue weighted by Crippen LogP contribution is -2.27. The number of anilines is 1. The molecule has 0 radical (unpaired) electrons. The van der Waals surface area contributed by atoms with E-state index in [1.54, 1.807) is 6.33 Å². The van der Waals surface area contributed by atoms with Crippen LogP contribution in [0.15, 0.2) is 30.6 Å². The number of hydrogen-bond acceptors (Lipinski definition) is 7. The van der Waals surface area contributed by atoms with Crippen molar-refractivity contribution in [2.75, 3.05) is 11.9 Å². The summed E-state index contributed by atoms with van der Waals surface area (Å²) in [7, 11) is 2.02. The van der Waals surface area contributed by atoms with E-state index in [9.17, 15) is 5.11 Å². The number of rotatable bonds is 4. The van der Waals surface area contributed by atoms with E-state index in [0.29, 0.717) is 5.92 Å². The number of nitrogens with zero attached hydrogens (tertiary/aromatic N) is 5. The molecule has 7 heteroatoms. The van der Waals surface area contributed by atoms with Gasteiger partial charge in [-0.1, -0.05) is 6.07 Å². The average molecular weight is 327 g/mol. The van der Waals surface area contributed by atoms with Crippen LogP contribution in [-0.2, 0) is 6.54 Å². The molecule has 1 aliphatic rings. The third kappa shape index (κ3) is 2.89. The molecule has 4 rings (SSSR count). The standard InChI is InChI=1S/C16H17N5OS/c1-21(8-10-2-3-13-15(4-10)20-23-19-13)16-7-14(17-9-18-16)11-5-12(22)6-11/h2-4,7,9,11-12,22H,5-6,8H2,1H3. The molecule has 2 aromatic heterocycles. The van der Waals surface area contributed by atoms with E-state index in [0.717, 1.165) is 41.9 Å². The van der Waals surface area contributed by atoms with Crippen molar-refractivity contribution in [1.82, 2.24) is 18.7 Å².